The van der Waals surface area contributed by atoms with Gasteiger partial charge in [-0.2, -0.15) is 0 Å². The summed E-state index contributed by atoms with van der Waals surface area (Å²) in [7, 11) is 0. The molecule has 1 aromatic carbocycles. The van der Waals surface area contributed by atoms with Crippen molar-refractivity contribution < 1.29 is 14.3 Å². The molecule has 19 heavy (non-hydrogen) atoms. The molecule has 0 saturated heterocycles. The van der Waals surface area contributed by atoms with Gasteiger partial charge in [0.15, 0.2) is 5.16 Å². The number of carboxylic acids is 1. The van der Waals surface area contributed by atoms with Gasteiger partial charge in [-0.15, -0.1) is 0 Å². The number of rotatable bonds is 5. The average Bonchev–Trinajstić information content (AvgIpc) is 2.84. The quantitative estimate of drug-likeness (QED) is 0.856. The smallest absolute Gasteiger partial charge is 0.313 e. The summed E-state index contributed by atoms with van der Waals surface area (Å²) < 4.78 is 15.5. The highest BCUT2D eigenvalue weighted by Gasteiger charge is 2.16. The van der Waals surface area contributed by atoms with Crippen LogP contribution in [0.3, 0.4) is 0 Å². The van der Waals surface area contributed by atoms with Crippen molar-refractivity contribution in [3.63, 3.8) is 0 Å². The fourth-order valence-corrected chi connectivity index (χ4v) is 2.55. The van der Waals surface area contributed by atoms with Crippen LogP contribution in [0.1, 0.15) is 18.5 Å². The van der Waals surface area contributed by atoms with Crippen LogP contribution in [0.2, 0.25) is 0 Å². The Bertz CT molecular complexity index is 586. The molecule has 1 unspecified atom stereocenters. The van der Waals surface area contributed by atoms with E-state index in [2.05, 4.69) is 4.98 Å². The lowest BCUT2D eigenvalue weighted by atomic mass is 10.1. The lowest BCUT2D eigenvalue weighted by Gasteiger charge is -2.16. The molecule has 0 aliphatic heterocycles. The van der Waals surface area contributed by atoms with Crippen LogP contribution >= 0.6 is 11.8 Å². The minimum absolute atomic E-state index is 0.0684. The summed E-state index contributed by atoms with van der Waals surface area (Å²) in [4.78, 5) is 14.7. The first kappa shape index (κ1) is 13.6. The van der Waals surface area contributed by atoms with E-state index in [0.717, 1.165) is 11.8 Å². The maximum absolute atomic E-state index is 13.7. The van der Waals surface area contributed by atoms with E-state index >= 15 is 0 Å². The Morgan fingerprint density at radius 3 is 2.95 bits per heavy atom. The topological polar surface area (TPSA) is 55.1 Å². The summed E-state index contributed by atoms with van der Waals surface area (Å²) >= 11 is 1.12. The fourth-order valence-electron chi connectivity index (χ4n) is 1.80. The number of aliphatic carboxylic acids is 1. The van der Waals surface area contributed by atoms with Crippen LogP contribution < -0.4 is 0 Å². The summed E-state index contributed by atoms with van der Waals surface area (Å²) in [6.45, 7) is 1.85. The summed E-state index contributed by atoms with van der Waals surface area (Å²) in [6.07, 6.45) is 3.31. The molecule has 6 heteroatoms. The standard InChI is InChI=1S/C13H13FN2O2S/c1-9(10-4-2-3-5-11(10)14)16-7-6-15-13(16)19-8-12(17)18/h2-7,9H,8H2,1H3,(H,17,18). The summed E-state index contributed by atoms with van der Waals surface area (Å²) in [5.41, 5.74) is 0.553. The molecule has 0 bridgehead atoms. The monoisotopic (exact) mass is 280 g/mol. The van der Waals surface area contributed by atoms with Gasteiger partial charge >= 0.3 is 5.97 Å². The molecule has 2 aromatic rings. The first-order valence-corrected chi connectivity index (χ1v) is 6.70. The number of hydrogen-bond acceptors (Lipinski definition) is 3. The number of imidazole rings is 1. The third-order valence-electron chi connectivity index (χ3n) is 2.73. The van der Waals surface area contributed by atoms with Crippen LogP contribution in [-0.4, -0.2) is 26.4 Å². The van der Waals surface area contributed by atoms with Gasteiger partial charge in [-0.05, 0) is 13.0 Å². The Labute approximate surface area is 114 Å². The van der Waals surface area contributed by atoms with E-state index in [0.29, 0.717) is 10.7 Å². The van der Waals surface area contributed by atoms with Crippen LogP contribution in [0.5, 0.6) is 0 Å². The predicted octanol–water partition coefficient (Wildman–Crippen LogP) is 2.81. The molecule has 0 amide bonds. The van der Waals surface area contributed by atoms with Crippen molar-refractivity contribution in [1.82, 2.24) is 9.55 Å². The van der Waals surface area contributed by atoms with Gasteiger partial charge in [0.2, 0.25) is 0 Å². The molecule has 0 fully saturated rings. The third-order valence-corrected chi connectivity index (χ3v) is 3.70. The van der Waals surface area contributed by atoms with E-state index in [1.165, 1.54) is 6.07 Å². The van der Waals surface area contributed by atoms with Gasteiger partial charge in [0.05, 0.1) is 11.8 Å². The Kier molecular flexibility index (Phi) is 4.21. The van der Waals surface area contributed by atoms with Gasteiger partial charge in [0.25, 0.3) is 0 Å². The first-order valence-electron chi connectivity index (χ1n) is 5.71. The molecule has 0 aliphatic carbocycles. The van der Waals surface area contributed by atoms with Crippen LogP contribution in [0.15, 0.2) is 41.8 Å². The van der Waals surface area contributed by atoms with Gasteiger partial charge in [-0.25, -0.2) is 9.37 Å². The van der Waals surface area contributed by atoms with Crippen molar-refractivity contribution in [2.24, 2.45) is 0 Å². The highest BCUT2D eigenvalue weighted by Crippen LogP contribution is 2.26. The molecule has 1 heterocycles. The van der Waals surface area contributed by atoms with Gasteiger partial charge in [0.1, 0.15) is 5.82 Å². The predicted molar refractivity (Wildman–Crippen MR) is 70.8 cm³/mol. The Hall–Kier alpha value is -1.82. The summed E-state index contributed by atoms with van der Waals surface area (Å²) in [6, 6.07) is 6.30. The lowest BCUT2D eigenvalue weighted by Crippen LogP contribution is -2.10. The van der Waals surface area contributed by atoms with Crippen molar-refractivity contribution >= 4 is 17.7 Å². The zero-order valence-corrected chi connectivity index (χ0v) is 11.1. The number of hydrogen-bond donors (Lipinski definition) is 1. The van der Waals surface area contributed by atoms with E-state index < -0.39 is 5.97 Å². The van der Waals surface area contributed by atoms with E-state index in [9.17, 15) is 9.18 Å². The minimum atomic E-state index is -0.905. The molecular weight excluding hydrogens is 267 g/mol. The SMILES string of the molecule is CC(c1ccccc1F)n1ccnc1SCC(=O)O. The van der Waals surface area contributed by atoms with E-state index in [1.807, 2.05) is 6.92 Å². The number of carbonyl (C=O) groups is 1. The number of nitrogens with zero attached hydrogens (tertiary/aromatic N) is 2. The second kappa shape index (κ2) is 5.88. The maximum atomic E-state index is 13.7. The fraction of sp³-hybridized carbons (Fsp3) is 0.231. The largest absolute Gasteiger partial charge is 0.481 e. The number of thioether (sulfide) groups is 1. The third kappa shape index (κ3) is 3.14. The molecule has 0 spiro atoms. The average molecular weight is 280 g/mol. The molecular formula is C13H13FN2O2S. The summed E-state index contributed by atoms with van der Waals surface area (Å²) in [5, 5.41) is 9.25. The van der Waals surface area contributed by atoms with Crippen LogP contribution in [0.25, 0.3) is 0 Å². The van der Waals surface area contributed by atoms with Gasteiger partial charge < -0.3 is 9.67 Å². The van der Waals surface area contributed by atoms with Crippen molar-refractivity contribution in [3.05, 3.63) is 48.0 Å². The minimum Gasteiger partial charge on any atom is -0.481 e. The normalized spacial score (nSPS) is 12.3. The number of aromatic nitrogens is 2. The lowest BCUT2D eigenvalue weighted by molar-refractivity contribution is -0.133. The highest BCUT2D eigenvalue weighted by atomic mass is 32.2. The van der Waals surface area contributed by atoms with Gasteiger partial charge in [-0.3, -0.25) is 4.79 Å². The number of benzene rings is 1. The van der Waals surface area contributed by atoms with Gasteiger partial charge in [-0.1, -0.05) is 30.0 Å². The van der Waals surface area contributed by atoms with Crippen LogP contribution in [0.4, 0.5) is 4.39 Å². The second-order valence-electron chi connectivity index (χ2n) is 4.00. The van der Waals surface area contributed by atoms with Gasteiger partial charge in [0, 0.05) is 18.0 Å². The van der Waals surface area contributed by atoms with E-state index in [-0.39, 0.29) is 17.6 Å². The molecule has 0 aliphatic rings. The van der Waals surface area contributed by atoms with Crippen LogP contribution in [-0.2, 0) is 4.79 Å². The zero-order valence-electron chi connectivity index (χ0n) is 10.3. The number of halogens is 1. The molecule has 0 saturated carbocycles. The molecule has 4 nitrogen and oxygen atoms in total. The Balaban J connectivity index is 2.25. The van der Waals surface area contributed by atoms with Crippen molar-refractivity contribution in [1.29, 1.82) is 0 Å². The molecule has 1 aromatic heterocycles. The Morgan fingerprint density at radius 1 is 1.53 bits per heavy atom. The van der Waals surface area contributed by atoms with Crippen LogP contribution in [0, 0.1) is 5.82 Å². The second-order valence-corrected chi connectivity index (χ2v) is 4.94. The maximum Gasteiger partial charge on any atom is 0.313 e. The Morgan fingerprint density at radius 2 is 2.26 bits per heavy atom. The first-order chi connectivity index (χ1) is 9.09. The molecule has 0 radical (unpaired) electrons. The molecule has 1 atom stereocenters. The van der Waals surface area contributed by atoms with E-state index in [1.54, 1.807) is 35.2 Å². The summed E-state index contributed by atoms with van der Waals surface area (Å²) in [5.74, 6) is -1.25. The van der Waals surface area contributed by atoms with Crippen molar-refractivity contribution in [2.45, 2.75) is 18.1 Å². The molecule has 1 N–H and O–H groups in total. The van der Waals surface area contributed by atoms with Crippen molar-refractivity contribution in [3.8, 4) is 0 Å². The van der Waals surface area contributed by atoms with E-state index in [4.69, 9.17) is 5.11 Å². The highest BCUT2D eigenvalue weighted by molar-refractivity contribution is 7.99. The number of carboxylic acid groups (broad SMARTS) is 1. The zero-order chi connectivity index (χ0) is 13.8. The van der Waals surface area contributed by atoms with Crippen molar-refractivity contribution in [2.75, 3.05) is 5.75 Å². The molecule has 2 rings (SSSR count). The molecule has 100 valence electrons.